The van der Waals surface area contributed by atoms with Gasteiger partial charge in [-0.05, 0) is 60.9 Å². The summed E-state index contributed by atoms with van der Waals surface area (Å²) in [6, 6.07) is 19.5. The molecule has 0 spiro atoms. The number of piperazine rings is 1. The molecule has 2 bridgehead atoms. The Bertz CT molecular complexity index is 1690. The van der Waals surface area contributed by atoms with Crippen molar-refractivity contribution in [1.29, 1.82) is 5.41 Å². The van der Waals surface area contributed by atoms with E-state index in [2.05, 4.69) is 40.3 Å². The second-order valence-electron chi connectivity index (χ2n) is 10.1. The molecule has 8 nitrogen and oxygen atoms in total. The van der Waals surface area contributed by atoms with E-state index in [-0.39, 0.29) is 0 Å². The molecule has 188 valence electrons. The number of anilines is 2. The van der Waals surface area contributed by atoms with E-state index in [1.807, 2.05) is 47.1 Å². The van der Waals surface area contributed by atoms with E-state index >= 15 is 0 Å². The van der Waals surface area contributed by atoms with Gasteiger partial charge >= 0.3 is 0 Å². The number of hydrogen-bond acceptors (Lipinski definition) is 7. The summed E-state index contributed by atoms with van der Waals surface area (Å²) in [7, 11) is 0. The van der Waals surface area contributed by atoms with Crippen molar-refractivity contribution in [3.8, 4) is 33.6 Å². The van der Waals surface area contributed by atoms with Crippen LogP contribution in [-0.4, -0.2) is 51.0 Å². The molecule has 5 heterocycles. The second kappa shape index (κ2) is 8.78. The molecule has 0 amide bonds. The van der Waals surface area contributed by atoms with Crippen LogP contribution < -0.4 is 16.0 Å². The van der Waals surface area contributed by atoms with Crippen LogP contribution in [0.2, 0.25) is 0 Å². The third-order valence-electron chi connectivity index (χ3n) is 7.90. The van der Waals surface area contributed by atoms with E-state index in [0.717, 1.165) is 52.4 Å². The van der Waals surface area contributed by atoms with Gasteiger partial charge in [0.2, 0.25) is 0 Å². The van der Waals surface area contributed by atoms with Gasteiger partial charge in [-0.2, -0.15) is 5.10 Å². The summed E-state index contributed by atoms with van der Waals surface area (Å²) in [5, 5.41) is 16.8. The maximum atomic E-state index is 8.07. The van der Waals surface area contributed by atoms with Gasteiger partial charge in [0.25, 0.3) is 0 Å². The second-order valence-corrected chi connectivity index (χ2v) is 10.1. The summed E-state index contributed by atoms with van der Waals surface area (Å²) in [6.45, 7) is 4.29. The van der Waals surface area contributed by atoms with Crippen molar-refractivity contribution in [2.75, 3.05) is 23.7 Å². The van der Waals surface area contributed by atoms with Gasteiger partial charge in [0, 0.05) is 78.0 Å². The Balaban J connectivity index is 1.42. The molecule has 38 heavy (non-hydrogen) atoms. The summed E-state index contributed by atoms with van der Waals surface area (Å²) in [5.74, 6) is 0. The lowest BCUT2D eigenvalue weighted by Gasteiger charge is -2.30. The van der Waals surface area contributed by atoms with Crippen LogP contribution in [0.25, 0.3) is 39.3 Å². The Morgan fingerprint density at radius 3 is 2.66 bits per heavy atom. The number of aryl methyl sites for hydroxylation is 1. The average molecular weight is 501 g/mol. The van der Waals surface area contributed by atoms with Crippen LogP contribution in [0.4, 0.5) is 11.4 Å². The molecule has 2 saturated heterocycles. The number of fused-ring (bicyclic) bond motifs is 3. The molecule has 0 radical (unpaired) electrons. The van der Waals surface area contributed by atoms with Crippen LogP contribution in [0.1, 0.15) is 17.5 Å². The average Bonchev–Trinajstić information content (AvgIpc) is 3.68. The maximum Gasteiger partial charge on any atom is 0.164 e. The molecule has 2 aromatic carbocycles. The highest BCUT2D eigenvalue weighted by Gasteiger charge is 2.37. The number of nitrogens with one attached hydrogen (secondary N) is 2. The summed E-state index contributed by atoms with van der Waals surface area (Å²) in [6.07, 6.45) is 7.88. The Hall–Kier alpha value is -4.56. The quantitative estimate of drug-likeness (QED) is 0.241. The minimum atomic E-state index is 0.547. The topological polar surface area (TPSA) is 108 Å². The first-order valence-electron chi connectivity index (χ1n) is 12.9. The lowest BCUT2D eigenvalue weighted by Crippen LogP contribution is -2.43. The van der Waals surface area contributed by atoms with Crippen molar-refractivity contribution in [2.45, 2.75) is 25.4 Å². The highest BCUT2D eigenvalue weighted by Crippen LogP contribution is 2.39. The predicted molar refractivity (Wildman–Crippen MR) is 152 cm³/mol. The molecule has 0 aliphatic carbocycles. The summed E-state index contributed by atoms with van der Waals surface area (Å²) >= 11 is 0. The van der Waals surface area contributed by atoms with Gasteiger partial charge < -0.3 is 21.4 Å². The van der Waals surface area contributed by atoms with Crippen molar-refractivity contribution in [2.24, 2.45) is 0 Å². The largest absolute Gasteiger partial charge is 0.398 e. The van der Waals surface area contributed by atoms with E-state index in [1.54, 1.807) is 12.4 Å². The van der Waals surface area contributed by atoms with Crippen molar-refractivity contribution in [3.05, 3.63) is 84.3 Å². The third-order valence-corrected chi connectivity index (χ3v) is 7.90. The lowest BCUT2D eigenvalue weighted by molar-refractivity contribution is 0.580. The molecule has 0 unspecified atom stereocenters. The fraction of sp³-hybridized carbons (Fsp3) is 0.200. The summed E-state index contributed by atoms with van der Waals surface area (Å²) in [4.78, 5) is 11.5. The minimum absolute atomic E-state index is 0.547. The smallest absolute Gasteiger partial charge is 0.164 e. The summed E-state index contributed by atoms with van der Waals surface area (Å²) in [5.41, 5.74) is 16.1. The Labute approximate surface area is 220 Å². The minimum Gasteiger partial charge on any atom is -0.398 e. The zero-order valence-corrected chi connectivity index (χ0v) is 21.1. The first kappa shape index (κ1) is 22.6. The van der Waals surface area contributed by atoms with Gasteiger partial charge in [0.15, 0.2) is 5.65 Å². The standard InChI is InChI=1S/C30H28N8/c1-18-13-21(37-17-20-14-22(37)16-35-20)5-6-23(18)27-9-12-34-30-28(24-3-2-4-26(32)25(24)15-31)29(36-38(27)30)19-7-10-33-11-8-19/h2-13,15,20,22,31,35H,14,16-17,32H2,1H3/t20-,22-/m0/s1. The van der Waals surface area contributed by atoms with Crippen molar-refractivity contribution < 1.29 is 0 Å². The Kier molecular flexibility index (Phi) is 5.23. The number of pyridine rings is 1. The molecule has 8 heteroatoms. The number of nitrogen functional groups attached to an aromatic ring is 1. The van der Waals surface area contributed by atoms with Crippen molar-refractivity contribution >= 4 is 23.2 Å². The number of aromatic nitrogens is 4. The molecule has 0 saturated carbocycles. The molecule has 2 atom stereocenters. The summed E-state index contributed by atoms with van der Waals surface area (Å²) < 4.78 is 1.92. The molecule has 2 aliphatic rings. The zero-order valence-electron chi connectivity index (χ0n) is 21.1. The van der Waals surface area contributed by atoms with Crippen LogP contribution in [0.3, 0.4) is 0 Å². The number of hydrogen-bond donors (Lipinski definition) is 3. The van der Waals surface area contributed by atoms with E-state index in [9.17, 15) is 0 Å². The number of benzene rings is 2. The zero-order chi connectivity index (χ0) is 25.8. The first-order chi connectivity index (χ1) is 18.6. The molecule has 5 aromatic rings. The van der Waals surface area contributed by atoms with Crippen molar-refractivity contribution in [3.63, 3.8) is 0 Å². The molecular formula is C30H28N8. The van der Waals surface area contributed by atoms with E-state index in [0.29, 0.717) is 23.3 Å². The van der Waals surface area contributed by atoms with E-state index in [1.165, 1.54) is 23.9 Å². The SMILES string of the molecule is Cc1cc(N2C[C@@H]3C[C@H]2CN3)ccc1-c1ccnc2c(-c3cccc(N)c3C=N)c(-c3ccncc3)nn12. The fourth-order valence-electron chi connectivity index (χ4n) is 6.06. The van der Waals surface area contributed by atoms with E-state index < -0.39 is 0 Å². The van der Waals surface area contributed by atoms with E-state index in [4.69, 9.17) is 21.2 Å². The Morgan fingerprint density at radius 1 is 1.05 bits per heavy atom. The van der Waals surface area contributed by atoms with Gasteiger partial charge in [-0.1, -0.05) is 18.2 Å². The fourth-order valence-corrected chi connectivity index (χ4v) is 6.06. The highest BCUT2D eigenvalue weighted by molar-refractivity contribution is 6.01. The third kappa shape index (κ3) is 3.48. The monoisotopic (exact) mass is 500 g/mol. The highest BCUT2D eigenvalue weighted by atomic mass is 15.3. The Morgan fingerprint density at radius 2 is 1.92 bits per heavy atom. The number of rotatable bonds is 5. The molecular weight excluding hydrogens is 472 g/mol. The lowest BCUT2D eigenvalue weighted by atomic mass is 9.96. The maximum absolute atomic E-state index is 8.07. The molecule has 3 aromatic heterocycles. The molecule has 4 N–H and O–H groups in total. The van der Waals surface area contributed by atoms with Crippen LogP contribution in [-0.2, 0) is 0 Å². The van der Waals surface area contributed by atoms with Gasteiger partial charge in [0.1, 0.15) is 5.69 Å². The van der Waals surface area contributed by atoms with Crippen LogP contribution in [0, 0.1) is 12.3 Å². The number of nitrogens with zero attached hydrogens (tertiary/aromatic N) is 5. The van der Waals surface area contributed by atoms with Crippen LogP contribution in [0.15, 0.2) is 73.2 Å². The number of nitrogens with two attached hydrogens (primary N) is 1. The predicted octanol–water partition coefficient (Wildman–Crippen LogP) is 4.56. The molecule has 7 rings (SSSR count). The van der Waals surface area contributed by atoms with Gasteiger partial charge in [-0.15, -0.1) is 0 Å². The van der Waals surface area contributed by atoms with Gasteiger partial charge in [-0.3, -0.25) is 4.98 Å². The molecule has 2 aliphatic heterocycles. The van der Waals surface area contributed by atoms with Gasteiger partial charge in [-0.25, -0.2) is 9.50 Å². The van der Waals surface area contributed by atoms with Crippen molar-refractivity contribution in [1.82, 2.24) is 24.9 Å². The normalized spacial score (nSPS) is 18.4. The van der Waals surface area contributed by atoms with Crippen LogP contribution in [0.5, 0.6) is 0 Å². The van der Waals surface area contributed by atoms with Crippen LogP contribution >= 0.6 is 0 Å². The first-order valence-corrected chi connectivity index (χ1v) is 12.9. The molecule has 2 fully saturated rings. The van der Waals surface area contributed by atoms with Gasteiger partial charge in [0.05, 0.1) is 11.3 Å².